The van der Waals surface area contributed by atoms with Crippen molar-refractivity contribution in [3.63, 3.8) is 0 Å². The summed E-state index contributed by atoms with van der Waals surface area (Å²) in [5.41, 5.74) is 2.49. The van der Waals surface area contributed by atoms with E-state index in [2.05, 4.69) is 62.1 Å². The minimum absolute atomic E-state index is 0.0248. The van der Waals surface area contributed by atoms with E-state index in [0.717, 1.165) is 55.8 Å². The molecule has 29 heavy (non-hydrogen) atoms. The summed E-state index contributed by atoms with van der Waals surface area (Å²) in [5, 5.41) is 0. The molecule has 1 amide bonds. The Hall–Kier alpha value is -1.73. The van der Waals surface area contributed by atoms with Crippen LogP contribution in [0, 0.1) is 0 Å². The van der Waals surface area contributed by atoms with Crippen molar-refractivity contribution >= 4 is 21.8 Å². The van der Waals surface area contributed by atoms with E-state index in [9.17, 15) is 4.79 Å². The third kappa shape index (κ3) is 5.66. The molecule has 0 radical (unpaired) electrons. The van der Waals surface area contributed by atoms with E-state index in [4.69, 9.17) is 4.74 Å². The fraction of sp³-hybridized carbons (Fsp3) is 0.435. The van der Waals surface area contributed by atoms with Gasteiger partial charge in [-0.05, 0) is 23.3 Å². The molecule has 6 heteroatoms. The number of carbonyl (C=O) groups excluding carboxylic acids is 1. The summed E-state index contributed by atoms with van der Waals surface area (Å²) in [6, 6.07) is 18.8. The summed E-state index contributed by atoms with van der Waals surface area (Å²) in [6.07, 6.45) is 0.0248. The van der Waals surface area contributed by atoms with Gasteiger partial charge in [-0.15, -0.1) is 0 Å². The molecule has 2 aromatic carbocycles. The lowest BCUT2D eigenvalue weighted by molar-refractivity contribution is -0.136. The number of piperazine rings is 1. The number of amides is 1. The van der Waals surface area contributed by atoms with Crippen LogP contribution in [0.1, 0.15) is 17.2 Å². The molecule has 2 saturated heterocycles. The summed E-state index contributed by atoms with van der Waals surface area (Å²) in [4.78, 5) is 19.5. The minimum Gasteiger partial charge on any atom is -0.371 e. The maximum absolute atomic E-state index is 12.8. The number of nitrogens with zero attached hydrogens (tertiary/aromatic N) is 3. The zero-order chi connectivity index (χ0) is 20.1. The zero-order valence-electron chi connectivity index (χ0n) is 16.7. The van der Waals surface area contributed by atoms with Gasteiger partial charge in [-0.3, -0.25) is 14.6 Å². The molecular formula is C23H28BrN3O2. The van der Waals surface area contributed by atoms with Crippen LogP contribution in [-0.4, -0.2) is 73.0 Å². The lowest BCUT2D eigenvalue weighted by Gasteiger charge is -2.37. The monoisotopic (exact) mass is 457 g/mol. The van der Waals surface area contributed by atoms with Crippen LogP contribution in [0.5, 0.6) is 0 Å². The molecule has 2 aliphatic heterocycles. The van der Waals surface area contributed by atoms with Gasteiger partial charge in [0.15, 0.2) is 0 Å². The van der Waals surface area contributed by atoms with Crippen LogP contribution in [-0.2, 0) is 16.1 Å². The van der Waals surface area contributed by atoms with Crippen molar-refractivity contribution in [2.75, 3.05) is 52.4 Å². The quantitative estimate of drug-likeness (QED) is 0.690. The lowest BCUT2D eigenvalue weighted by atomic mass is 10.1. The molecule has 0 N–H and O–H groups in total. The Morgan fingerprint density at radius 3 is 2.52 bits per heavy atom. The number of halogens is 1. The van der Waals surface area contributed by atoms with Crippen molar-refractivity contribution in [3.8, 4) is 0 Å². The van der Waals surface area contributed by atoms with E-state index in [1.807, 2.05) is 23.1 Å². The highest BCUT2D eigenvalue weighted by Gasteiger charge is 2.27. The van der Waals surface area contributed by atoms with Crippen LogP contribution in [0.3, 0.4) is 0 Å². The lowest BCUT2D eigenvalue weighted by Crippen LogP contribution is -2.52. The van der Waals surface area contributed by atoms with Crippen LogP contribution in [0.15, 0.2) is 59.1 Å². The van der Waals surface area contributed by atoms with Gasteiger partial charge in [-0.25, -0.2) is 0 Å². The SMILES string of the molecule is O=C(CN1CCOC(c2cccc(Br)c2)C1)N1CCN(Cc2ccccc2)CC1. The van der Waals surface area contributed by atoms with E-state index in [-0.39, 0.29) is 12.0 Å². The van der Waals surface area contributed by atoms with Crippen LogP contribution in [0.2, 0.25) is 0 Å². The van der Waals surface area contributed by atoms with Crippen molar-refractivity contribution in [3.05, 3.63) is 70.2 Å². The summed E-state index contributed by atoms with van der Waals surface area (Å²) in [5.74, 6) is 0.235. The van der Waals surface area contributed by atoms with E-state index < -0.39 is 0 Å². The highest BCUT2D eigenvalue weighted by Crippen LogP contribution is 2.24. The number of benzene rings is 2. The highest BCUT2D eigenvalue weighted by molar-refractivity contribution is 9.10. The van der Waals surface area contributed by atoms with Crippen molar-refractivity contribution in [2.24, 2.45) is 0 Å². The van der Waals surface area contributed by atoms with Crippen molar-refractivity contribution in [1.29, 1.82) is 0 Å². The number of carbonyl (C=O) groups is 1. The number of rotatable bonds is 5. The largest absolute Gasteiger partial charge is 0.371 e. The second-order valence-corrected chi connectivity index (χ2v) is 8.71. The third-order valence-electron chi connectivity index (χ3n) is 5.70. The Kier molecular flexibility index (Phi) is 6.98. The molecular weight excluding hydrogens is 430 g/mol. The van der Waals surface area contributed by atoms with Gasteiger partial charge in [0, 0.05) is 50.3 Å². The predicted molar refractivity (Wildman–Crippen MR) is 118 cm³/mol. The van der Waals surface area contributed by atoms with Gasteiger partial charge in [0.05, 0.1) is 19.3 Å². The molecule has 0 bridgehead atoms. The highest BCUT2D eigenvalue weighted by atomic mass is 79.9. The van der Waals surface area contributed by atoms with Crippen LogP contribution < -0.4 is 0 Å². The summed E-state index contributed by atoms with van der Waals surface area (Å²) in [7, 11) is 0. The second-order valence-electron chi connectivity index (χ2n) is 7.79. The Morgan fingerprint density at radius 1 is 0.966 bits per heavy atom. The van der Waals surface area contributed by atoms with Crippen molar-refractivity contribution in [1.82, 2.24) is 14.7 Å². The predicted octanol–water partition coefficient (Wildman–Crippen LogP) is 3.17. The molecule has 0 spiro atoms. The van der Waals surface area contributed by atoms with Crippen molar-refractivity contribution < 1.29 is 9.53 Å². The fourth-order valence-electron chi connectivity index (χ4n) is 4.04. The average Bonchev–Trinajstić information content (AvgIpc) is 2.75. The Morgan fingerprint density at radius 2 is 1.76 bits per heavy atom. The van der Waals surface area contributed by atoms with Gasteiger partial charge < -0.3 is 9.64 Å². The summed E-state index contributed by atoms with van der Waals surface area (Å²) < 4.78 is 7.01. The summed E-state index contributed by atoms with van der Waals surface area (Å²) in [6.45, 7) is 7.16. The zero-order valence-corrected chi connectivity index (χ0v) is 18.3. The topological polar surface area (TPSA) is 36.0 Å². The molecule has 5 nitrogen and oxygen atoms in total. The molecule has 2 aromatic rings. The number of morpholine rings is 1. The van der Waals surface area contributed by atoms with Crippen molar-refractivity contribution in [2.45, 2.75) is 12.6 Å². The smallest absolute Gasteiger partial charge is 0.236 e. The van der Waals surface area contributed by atoms with E-state index in [1.165, 1.54) is 5.56 Å². The molecule has 0 saturated carbocycles. The van der Waals surface area contributed by atoms with Crippen LogP contribution >= 0.6 is 15.9 Å². The normalized spacial score (nSPS) is 21.3. The molecule has 4 rings (SSSR count). The number of hydrogen-bond acceptors (Lipinski definition) is 4. The Balaban J connectivity index is 1.25. The maximum Gasteiger partial charge on any atom is 0.236 e. The molecule has 0 aromatic heterocycles. The van der Waals surface area contributed by atoms with Gasteiger partial charge in [0.2, 0.25) is 5.91 Å². The molecule has 2 aliphatic rings. The first-order valence-electron chi connectivity index (χ1n) is 10.3. The molecule has 0 aliphatic carbocycles. The maximum atomic E-state index is 12.8. The number of ether oxygens (including phenoxy) is 1. The first-order valence-corrected chi connectivity index (χ1v) is 11.1. The van der Waals surface area contributed by atoms with Crippen LogP contribution in [0.25, 0.3) is 0 Å². The van der Waals surface area contributed by atoms with Gasteiger partial charge >= 0.3 is 0 Å². The molecule has 2 fully saturated rings. The van der Waals surface area contributed by atoms with Crippen LogP contribution in [0.4, 0.5) is 0 Å². The molecule has 2 heterocycles. The Bertz CT molecular complexity index is 809. The van der Waals surface area contributed by atoms with Gasteiger partial charge in [0.25, 0.3) is 0 Å². The molecule has 1 atom stereocenters. The Labute approximate surface area is 181 Å². The first-order chi connectivity index (χ1) is 14.2. The average molecular weight is 458 g/mol. The number of hydrogen-bond donors (Lipinski definition) is 0. The van der Waals surface area contributed by atoms with E-state index >= 15 is 0 Å². The van der Waals surface area contributed by atoms with Gasteiger partial charge in [-0.2, -0.15) is 0 Å². The van der Waals surface area contributed by atoms with Gasteiger partial charge in [0.1, 0.15) is 0 Å². The first kappa shape index (κ1) is 20.5. The molecule has 1 unspecified atom stereocenters. The second kappa shape index (κ2) is 9.85. The van der Waals surface area contributed by atoms with Gasteiger partial charge in [-0.1, -0.05) is 58.4 Å². The standard InChI is InChI=1S/C23H28BrN3O2/c24-21-8-4-7-20(15-21)22-17-26(13-14-29-22)18-23(28)27-11-9-25(10-12-27)16-19-5-2-1-3-6-19/h1-8,15,22H,9-14,16-18H2. The fourth-order valence-corrected chi connectivity index (χ4v) is 4.46. The third-order valence-corrected chi connectivity index (χ3v) is 6.20. The van der Waals surface area contributed by atoms with E-state index in [1.54, 1.807) is 0 Å². The van der Waals surface area contributed by atoms with E-state index in [0.29, 0.717) is 13.2 Å². The minimum atomic E-state index is 0.0248. The molecule has 154 valence electrons. The summed E-state index contributed by atoms with van der Waals surface area (Å²) >= 11 is 3.53.